The third-order valence-corrected chi connectivity index (χ3v) is 7.94. The van der Waals surface area contributed by atoms with Gasteiger partial charge in [0.1, 0.15) is 11.6 Å². The lowest BCUT2D eigenvalue weighted by atomic mass is 9.94. The van der Waals surface area contributed by atoms with Crippen LogP contribution in [-0.4, -0.2) is 21.9 Å². The van der Waals surface area contributed by atoms with Crippen molar-refractivity contribution in [2.24, 2.45) is 0 Å². The first-order chi connectivity index (χ1) is 17.5. The van der Waals surface area contributed by atoms with Gasteiger partial charge in [-0.05, 0) is 58.6 Å². The summed E-state index contributed by atoms with van der Waals surface area (Å²) in [6.07, 6.45) is 9.62. The fraction of sp³-hybridized carbons (Fsp3) is 0.286. The molecule has 1 saturated carbocycles. The summed E-state index contributed by atoms with van der Waals surface area (Å²) in [5.41, 5.74) is 4.90. The van der Waals surface area contributed by atoms with Crippen molar-refractivity contribution in [2.45, 2.75) is 44.7 Å². The van der Waals surface area contributed by atoms with Crippen molar-refractivity contribution in [3.8, 4) is 28.1 Å². The molecule has 36 heavy (non-hydrogen) atoms. The topological polar surface area (TPSA) is 52.0 Å². The average Bonchev–Trinajstić information content (AvgIpc) is 3.35. The van der Waals surface area contributed by atoms with Gasteiger partial charge in [-0.2, -0.15) is 5.10 Å². The fourth-order valence-corrected chi connectivity index (χ4v) is 5.57. The first kappa shape index (κ1) is 25.1. The largest absolute Gasteiger partial charge is 0.497 e. The molecule has 186 valence electrons. The number of hydrogen-bond acceptors (Lipinski definition) is 4. The standard InChI is InChI=1S/C28H27BrCl2N4O/c1-36-21-12-10-18(11-13-21)15-32-28-23(14-19(29)16-33-28)27-24(22-8-5-9-25(30)26(22)31)17-34-35(27)20-6-3-2-4-7-20/h5,8-14,16-17,20H,2-4,6-7,15H2,1H3,(H,32,33). The van der Waals surface area contributed by atoms with Crippen LogP contribution in [0.4, 0.5) is 5.82 Å². The van der Waals surface area contributed by atoms with Gasteiger partial charge in [0.2, 0.25) is 0 Å². The molecule has 1 aliphatic carbocycles. The molecule has 0 aliphatic heterocycles. The van der Waals surface area contributed by atoms with Crippen LogP contribution < -0.4 is 10.1 Å². The van der Waals surface area contributed by atoms with Gasteiger partial charge < -0.3 is 10.1 Å². The van der Waals surface area contributed by atoms with E-state index in [9.17, 15) is 0 Å². The molecule has 8 heteroatoms. The molecule has 0 atom stereocenters. The summed E-state index contributed by atoms with van der Waals surface area (Å²) in [5.74, 6) is 1.62. The van der Waals surface area contributed by atoms with E-state index in [1.807, 2.05) is 48.8 Å². The molecule has 4 aromatic rings. The van der Waals surface area contributed by atoms with Crippen LogP contribution in [0.5, 0.6) is 5.75 Å². The summed E-state index contributed by atoms with van der Waals surface area (Å²) in [7, 11) is 1.67. The highest BCUT2D eigenvalue weighted by molar-refractivity contribution is 9.10. The summed E-state index contributed by atoms with van der Waals surface area (Å²) in [6.45, 7) is 0.621. The summed E-state index contributed by atoms with van der Waals surface area (Å²) in [6, 6.07) is 16.2. The normalized spacial score (nSPS) is 14.1. The number of ether oxygens (including phenoxy) is 1. The Morgan fingerprint density at radius 1 is 1.00 bits per heavy atom. The lowest BCUT2D eigenvalue weighted by Crippen LogP contribution is -2.16. The maximum absolute atomic E-state index is 6.70. The summed E-state index contributed by atoms with van der Waals surface area (Å²) < 4.78 is 8.36. The van der Waals surface area contributed by atoms with Crippen LogP contribution in [0.3, 0.4) is 0 Å². The number of halogens is 3. The Kier molecular flexibility index (Phi) is 7.85. The lowest BCUT2D eigenvalue weighted by Gasteiger charge is -2.25. The molecule has 2 aromatic heterocycles. The van der Waals surface area contributed by atoms with Gasteiger partial charge >= 0.3 is 0 Å². The number of pyridine rings is 1. The van der Waals surface area contributed by atoms with Crippen LogP contribution in [0.2, 0.25) is 10.0 Å². The van der Waals surface area contributed by atoms with E-state index >= 15 is 0 Å². The number of hydrogen-bond donors (Lipinski definition) is 1. The molecule has 1 fully saturated rings. The third-order valence-electron chi connectivity index (χ3n) is 6.69. The monoisotopic (exact) mass is 584 g/mol. The zero-order valence-electron chi connectivity index (χ0n) is 20.0. The summed E-state index contributed by atoms with van der Waals surface area (Å²) in [4.78, 5) is 4.76. The predicted octanol–water partition coefficient (Wildman–Crippen LogP) is 8.81. The second-order valence-electron chi connectivity index (χ2n) is 9.00. The molecule has 0 amide bonds. The van der Waals surface area contributed by atoms with Gasteiger partial charge in [0.05, 0.1) is 35.1 Å². The third kappa shape index (κ3) is 5.26. The molecule has 0 bridgehead atoms. The molecular weight excluding hydrogens is 559 g/mol. The van der Waals surface area contributed by atoms with Gasteiger partial charge in [0.25, 0.3) is 0 Å². The number of nitrogens with one attached hydrogen (secondary N) is 1. The quantitative estimate of drug-likeness (QED) is 0.235. The first-order valence-electron chi connectivity index (χ1n) is 12.1. The average molecular weight is 586 g/mol. The van der Waals surface area contributed by atoms with E-state index in [0.717, 1.165) is 56.8 Å². The van der Waals surface area contributed by atoms with Crippen LogP contribution in [0.1, 0.15) is 43.7 Å². The number of anilines is 1. The van der Waals surface area contributed by atoms with E-state index in [1.165, 1.54) is 19.3 Å². The summed E-state index contributed by atoms with van der Waals surface area (Å²) in [5, 5.41) is 9.50. The number of rotatable bonds is 7. The van der Waals surface area contributed by atoms with Crippen molar-refractivity contribution in [1.29, 1.82) is 0 Å². The Morgan fingerprint density at radius 3 is 2.53 bits per heavy atom. The zero-order chi connectivity index (χ0) is 25.1. The minimum atomic E-state index is 0.328. The van der Waals surface area contributed by atoms with E-state index in [4.69, 9.17) is 38.0 Å². The Bertz CT molecular complexity index is 1350. The van der Waals surface area contributed by atoms with E-state index in [2.05, 4.69) is 32.0 Å². The molecule has 2 heterocycles. The maximum Gasteiger partial charge on any atom is 0.135 e. The lowest BCUT2D eigenvalue weighted by molar-refractivity contribution is 0.332. The highest BCUT2D eigenvalue weighted by Gasteiger charge is 2.26. The summed E-state index contributed by atoms with van der Waals surface area (Å²) >= 11 is 16.8. The molecule has 0 saturated heterocycles. The second kappa shape index (κ2) is 11.2. The minimum absolute atomic E-state index is 0.328. The second-order valence-corrected chi connectivity index (χ2v) is 10.7. The number of methoxy groups -OCH3 is 1. The van der Waals surface area contributed by atoms with Gasteiger partial charge in [-0.1, -0.05) is 66.7 Å². The first-order valence-corrected chi connectivity index (χ1v) is 13.6. The van der Waals surface area contributed by atoms with Crippen LogP contribution in [0, 0.1) is 0 Å². The van der Waals surface area contributed by atoms with Crippen molar-refractivity contribution in [1.82, 2.24) is 14.8 Å². The van der Waals surface area contributed by atoms with E-state index < -0.39 is 0 Å². The molecule has 1 aliphatic rings. The van der Waals surface area contributed by atoms with Gasteiger partial charge in [-0.15, -0.1) is 0 Å². The maximum atomic E-state index is 6.70. The van der Waals surface area contributed by atoms with Crippen molar-refractivity contribution in [2.75, 3.05) is 12.4 Å². The van der Waals surface area contributed by atoms with Crippen LogP contribution >= 0.6 is 39.1 Å². The SMILES string of the molecule is COc1ccc(CNc2ncc(Br)cc2-c2c(-c3cccc(Cl)c3Cl)cnn2C2CCCCC2)cc1. The van der Waals surface area contributed by atoms with E-state index in [-0.39, 0.29) is 0 Å². The molecule has 0 unspecified atom stereocenters. The fourth-order valence-electron chi connectivity index (χ4n) is 4.83. The Morgan fingerprint density at radius 2 is 1.78 bits per heavy atom. The zero-order valence-corrected chi connectivity index (χ0v) is 23.1. The van der Waals surface area contributed by atoms with Gasteiger partial charge in [-0.25, -0.2) is 4.98 Å². The number of aromatic nitrogens is 3. The molecule has 2 aromatic carbocycles. The Hall–Kier alpha value is -2.54. The van der Waals surface area contributed by atoms with E-state index in [0.29, 0.717) is 22.6 Å². The van der Waals surface area contributed by atoms with Crippen LogP contribution in [0.15, 0.2) is 65.4 Å². The van der Waals surface area contributed by atoms with E-state index in [1.54, 1.807) is 13.2 Å². The van der Waals surface area contributed by atoms with Crippen molar-refractivity contribution in [3.63, 3.8) is 0 Å². The smallest absolute Gasteiger partial charge is 0.135 e. The molecule has 5 nitrogen and oxygen atoms in total. The molecule has 0 radical (unpaired) electrons. The van der Waals surface area contributed by atoms with Crippen LogP contribution in [-0.2, 0) is 6.54 Å². The van der Waals surface area contributed by atoms with Crippen molar-refractivity contribution >= 4 is 44.9 Å². The number of benzene rings is 2. The Labute approximate surface area is 229 Å². The Balaban J connectivity index is 1.60. The molecular formula is C28H27BrCl2N4O. The van der Waals surface area contributed by atoms with Crippen LogP contribution in [0.25, 0.3) is 22.4 Å². The molecule has 5 rings (SSSR count). The highest BCUT2D eigenvalue weighted by Crippen LogP contribution is 2.43. The highest BCUT2D eigenvalue weighted by atomic mass is 79.9. The molecule has 1 N–H and O–H groups in total. The number of nitrogens with zero attached hydrogens (tertiary/aromatic N) is 3. The van der Waals surface area contributed by atoms with Gasteiger partial charge in [0, 0.05) is 33.9 Å². The molecule has 0 spiro atoms. The van der Waals surface area contributed by atoms with Crippen molar-refractivity contribution < 1.29 is 4.74 Å². The minimum Gasteiger partial charge on any atom is -0.497 e. The van der Waals surface area contributed by atoms with Gasteiger partial charge in [0.15, 0.2) is 0 Å². The predicted molar refractivity (Wildman–Crippen MR) is 151 cm³/mol. The van der Waals surface area contributed by atoms with Gasteiger partial charge in [-0.3, -0.25) is 4.68 Å². The van der Waals surface area contributed by atoms with Crippen molar-refractivity contribution in [3.05, 3.63) is 81.0 Å².